The highest BCUT2D eigenvalue weighted by atomic mass is 32.1. The lowest BCUT2D eigenvalue weighted by atomic mass is 10.2. The van der Waals surface area contributed by atoms with Crippen molar-refractivity contribution < 1.29 is 14.4 Å². The Morgan fingerprint density at radius 1 is 1.29 bits per heavy atom. The van der Waals surface area contributed by atoms with Gasteiger partial charge in [0.2, 0.25) is 0 Å². The normalized spacial score (nSPS) is 11.4. The Labute approximate surface area is 95.0 Å². The number of hydrogen-bond donors (Lipinski definition) is 4. The first-order chi connectivity index (χ1) is 6.42. The first kappa shape index (κ1) is 14.4. The summed E-state index contributed by atoms with van der Waals surface area (Å²) in [7, 11) is -3.79. The van der Waals surface area contributed by atoms with E-state index >= 15 is 0 Å². The maximum atomic E-state index is 10.5. The molecule has 0 radical (unpaired) electrons. The van der Waals surface area contributed by atoms with Gasteiger partial charge in [0.05, 0.1) is 0 Å². The Kier molecular flexibility index (Phi) is 7.86. The lowest BCUT2D eigenvalue weighted by molar-refractivity contribution is 0.370. The lowest BCUT2D eigenvalue weighted by Gasteiger charge is -2.04. The molecule has 0 aliphatic carbocycles. The van der Waals surface area contributed by atoms with Crippen LogP contribution in [0.2, 0.25) is 0 Å². The van der Waals surface area contributed by atoms with E-state index in [1.165, 1.54) is 0 Å². The van der Waals surface area contributed by atoms with Gasteiger partial charge in [-0.3, -0.25) is 4.57 Å². The van der Waals surface area contributed by atoms with Crippen molar-refractivity contribution in [2.45, 2.75) is 25.7 Å². The molecule has 3 N–H and O–H groups in total. The molecule has 7 heteroatoms. The summed E-state index contributed by atoms with van der Waals surface area (Å²) in [6.07, 6.45) is 3.30. The van der Waals surface area contributed by atoms with E-state index in [9.17, 15) is 4.57 Å². The quantitative estimate of drug-likeness (QED) is 0.241. The number of nitrogens with one attached hydrogen (secondary N) is 1. The Bertz CT molecular complexity index is 219. The molecular weight excluding hydrogens is 241 g/mol. The summed E-state index contributed by atoms with van der Waals surface area (Å²) in [6.45, 7) is 0.776. The van der Waals surface area contributed by atoms with E-state index in [1.54, 1.807) is 0 Å². The molecule has 14 heavy (non-hydrogen) atoms. The van der Waals surface area contributed by atoms with Crippen LogP contribution in [0, 0.1) is 0 Å². The van der Waals surface area contributed by atoms with Gasteiger partial charge in [-0.05, 0) is 12.8 Å². The van der Waals surface area contributed by atoms with Gasteiger partial charge in [-0.1, -0.05) is 25.1 Å². The molecule has 0 saturated carbocycles. The Balaban J connectivity index is 3.15. The molecule has 0 aliphatic heterocycles. The second kappa shape index (κ2) is 7.65. The molecular formula is C7H16NO3PS2. The molecule has 0 aromatic heterocycles. The lowest BCUT2D eigenvalue weighted by Crippen LogP contribution is -2.17. The van der Waals surface area contributed by atoms with Gasteiger partial charge in [0, 0.05) is 12.7 Å². The van der Waals surface area contributed by atoms with Crippen molar-refractivity contribution in [1.29, 1.82) is 0 Å². The Morgan fingerprint density at radius 2 is 1.86 bits per heavy atom. The maximum Gasteiger partial charge on any atom is 0.325 e. The van der Waals surface area contributed by atoms with Crippen molar-refractivity contribution in [2.75, 3.05) is 12.7 Å². The average Bonchev–Trinajstić information content (AvgIpc) is 2.00. The minimum absolute atomic E-state index is 0.00852. The molecule has 0 heterocycles. The van der Waals surface area contributed by atoms with Crippen LogP contribution in [0.15, 0.2) is 0 Å². The molecule has 0 amide bonds. The molecule has 0 fully saturated rings. The van der Waals surface area contributed by atoms with E-state index < -0.39 is 7.60 Å². The van der Waals surface area contributed by atoms with Gasteiger partial charge in [-0.2, -0.15) is 0 Å². The van der Waals surface area contributed by atoms with Crippen LogP contribution < -0.4 is 5.32 Å². The van der Waals surface area contributed by atoms with Crippen molar-refractivity contribution in [3.8, 4) is 0 Å². The zero-order valence-corrected chi connectivity index (χ0v) is 10.5. The minimum Gasteiger partial charge on any atom is -0.371 e. The summed E-state index contributed by atoms with van der Waals surface area (Å²) in [5.41, 5.74) is 0. The molecule has 0 rings (SSSR count). The summed E-state index contributed by atoms with van der Waals surface area (Å²) >= 11 is 8.59. The second-order valence-corrected chi connectivity index (χ2v) is 5.97. The van der Waals surface area contributed by atoms with E-state index in [0.717, 1.165) is 25.8 Å². The largest absolute Gasteiger partial charge is 0.371 e. The topological polar surface area (TPSA) is 69.6 Å². The van der Waals surface area contributed by atoms with E-state index in [-0.39, 0.29) is 6.16 Å². The molecule has 0 aromatic carbocycles. The molecule has 0 unspecified atom stereocenters. The van der Waals surface area contributed by atoms with Crippen molar-refractivity contribution in [2.24, 2.45) is 0 Å². The van der Waals surface area contributed by atoms with E-state index in [0.29, 0.717) is 10.7 Å². The van der Waals surface area contributed by atoms with Gasteiger partial charge < -0.3 is 15.1 Å². The van der Waals surface area contributed by atoms with Crippen molar-refractivity contribution >= 4 is 36.8 Å². The summed E-state index contributed by atoms with van der Waals surface area (Å²) in [6, 6.07) is 0. The third kappa shape index (κ3) is 12.4. The van der Waals surface area contributed by atoms with Gasteiger partial charge >= 0.3 is 7.60 Å². The zero-order valence-electron chi connectivity index (χ0n) is 7.85. The molecule has 0 saturated heterocycles. The van der Waals surface area contributed by atoms with Gasteiger partial charge in [-0.15, -0.1) is 12.6 Å². The van der Waals surface area contributed by atoms with Crippen LogP contribution in [0.4, 0.5) is 0 Å². The predicted molar refractivity (Wildman–Crippen MR) is 65.0 cm³/mol. The Morgan fingerprint density at radius 3 is 2.36 bits per heavy atom. The van der Waals surface area contributed by atoms with E-state index in [4.69, 9.17) is 22.0 Å². The number of thiocarbonyl (C=S) groups is 1. The highest BCUT2D eigenvalue weighted by molar-refractivity contribution is 8.11. The summed E-state index contributed by atoms with van der Waals surface area (Å²) in [5, 5.41) is 2.89. The van der Waals surface area contributed by atoms with Crippen molar-refractivity contribution in [1.82, 2.24) is 5.32 Å². The fourth-order valence-electron chi connectivity index (χ4n) is 0.992. The highest BCUT2D eigenvalue weighted by Crippen LogP contribution is 2.35. The van der Waals surface area contributed by atoms with Crippen molar-refractivity contribution in [3.63, 3.8) is 0 Å². The molecule has 84 valence electrons. The predicted octanol–water partition coefficient (Wildman–Crippen LogP) is 1.53. The van der Waals surface area contributed by atoms with Gasteiger partial charge in [-0.25, -0.2) is 0 Å². The van der Waals surface area contributed by atoms with Crippen LogP contribution in [0.1, 0.15) is 25.7 Å². The van der Waals surface area contributed by atoms with Gasteiger partial charge in [0.25, 0.3) is 0 Å². The number of rotatable bonds is 7. The fourth-order valence-corrected chi connectivity index (χ4v) is 1.84. The number of unbranched alkanes of at least 4 members (excludes halogenated alkanes) is 3. The third-order valence-electron chi connectivity index (χ3n) is 1.65. The first-order valence-electron chi connectivity index (χ1n) is 4.43. The van der Waals surface area contributed by atoms with Crippen molar-refractivity contribution in [3.05, 3.63) is 0 Å². The fraction of sp³-hybridized carbons (Fsp3) is 0.857. The molecule has 0 spiro atoms. The maximum absolute atomic E-state index is 10.5. The van der Waals surface area contributed by atoms with Crippen LogP contribution in [-0.2, 0) is 4.57 Å². The van der Waals surface area contributed by atoms with Crippen LogP contribution in [0.25, 0.3) is 0 Å². The number of hydrogen-bond acceptors (Lipinski definition) is 2. The van der Waals surface area contributed by atoms with Crippen LogP contribution in [0.5, 0.6) is 0 Å². The summed E-state index contributed by atoms with van der Waals surface area (Å²) in [4.78, 5) is 17.1. The smallest absolute Gasteiger partial charge is 0.325 e. The molecule has 0 aromatic rings. The summed E-state index contributed by atoms with van der Waals surface area (Å²) < 4.78 is 11.0. The van der Waals surface area contributed by atoms with Gasteiger partial charge in [0.15, 0.2) is 0 Å². The zero-order chi connectivity index (χ0) is 11.0. The Hall–Kier alpha value is 0.390. The highest BCUT2D eigenvalue weighted by Gasteiger charge is 2.10. The van der Waals surface area contributed by atoms with E-state index in [2.05, 4.69) is 17.9 Å². The molecule has 0 aliphatic rings. The standard InChI is InChI=1S/C7H16NO3PS2/c9-12(10,11)6-4-2-1-3-5-8-7(13)14/h1-6H2,(H2,8,13,14)(H2,9,10,11). The average molecular weight is 257 g/mol. The van der Waals surface area contributed by atoms with Crippen LogP contribution in [-0.4, -0.2) is 26.8 Å². The number of thiol groups is 1. The first-order valence-corrected chi connectivity index (χ1v) is 7.08. The van der Waals surface area contributed by atoms with Crippen LogP contribution in [0.3, 0.4) is 0 Å². The second-order valence-electron chi connectivity index (χ2n) is 3.03. The third-order valence-corrected chi connectivity index (χ3v) is 2.85. The molecule has 0 bridgehead atoms. The minimum atomic E-state index is -3.79. The SMILES string of the molecule is O=P(O)(O)CCCCCCNC(=S)S. The van der Waals surface area contributed by atoms with Crippen LogP contribution >= 0.6 is 32.4 Å². The molecule has 0 atom stereocenters. The van der Waals surface area contributed by atoms with Gasteiger partial charge in [0.1, 0.15) is 4.32 Å². The summed E-state index contributed by atoms with van der Waals surface area (Å²) in [5.74, 6) is 0. The molecule has 4 nitrogen and oxygen atoms in total. The monoisotopic (exact) mass is 257 g/mol. The van der Waals surface area contributed by atoms with E-state index in [1.807, 2.05) is 0 Å².